The molecule has 1 aliphatic heterocycles. The van der Waals surface area contributed by atoms with E-state index in [9.17, 15) is 9.32 Å². The van der Waals surface area contributed by atoms with E-state index in [1.165, 1.54) is 0 Å². The van der Waals surface area contributed by atoms with Crippen molar-refractivity contribution in [2.24, 2.45) is 0 Å². The molecule has 5 heteroatoms. The topological polar surface area (TPSA) is 58.6 Å². The SMILES string of the molecule is CC(C)(C)S(=O)N[C@@H](CO)[C@@H]1CCC=CO1. The van der Waals surface area contributed by atoms with Crippen molar-refractivity contribution in [3.8, 4) is 0 Å². The Kier molecular flexibility index (Phi) is 4.95. The second-order valence-electron chi connectivity index (χ2n) is 4.91. The Balaban J connectivity index is 2.55. The first-order chi connectivity index (χ1) is 7.45. The van der Waals surface area contributed by atoms with Crippen LogP contribution in [0, 0.1) is 0 Å². The molecule has 0 aliphatic carbocycles. The summed E-state index contributed by atoms with van der Waals surface area (Å²) in [6, 6.07) is -0.273. The van der Waals surface area contributed by atoms with Gasteiger partial charge in [-0.2, -0.15) is 0 Å². The molecular formula is C11H21NO3S. The molecule has 1 aliphatic rings. The Morgan fingerprint density at radius 1 is 1.62 bits per heavy atom. The molecule has 94 valence electrons. The van der Waals surface area contributed by atoms with Crippen molar-refractivity contribution < 1.29 is 14.1 Å². The van der Waals surface area contributed by atoms with E-state index in [-0.39, 0.29) is 23.5 Å². The fourth-order valence-electron chi connectivity index (χ4n) is 1.39. The van der Waals surface area contributed by atoms with Crippen LogP contribution in [0.3, 0.4) is 0 Å². The van der Waals surface area contributed by atoms with E-state index in [4.69, 9.17) is 4.74 Å². The summed E-state index contributed by atoms with van der Waals surface area (Å²) in [5, 5.41) is 9.29. The van der Waals surface area contributed by atoms with Crippen molar-refractivity contribution in [1.29, 1.82) is 0 Å². The maximum absolute atomic E-state index is 11.9. The third-order valence-corrected chi connectivity index (χ3v) is 4.06. The van der Waals surface area contributed by atoms with Crippen LogP contribution in [0.4, 0.5) is 0 Å². The summed E-state index contributed by atoms with van der Waals surface area (Å²) in [7, 11) is -1.18. The van der Waals surface area contributed by atoms with Gasteiger partial charge in [0.2, 0.25) is 0 Å². The van der Waals surface area contributed by atoms with Gasteiger partial charge in [0.1, 0.15) is 6.10 Å². The Hall–Kier alpha value is -0.390. The van der Waals surface area contributed by atoms with Gasteiger partial charge in [-0.25, -0.2) is 8.93 Å². The molecule has 3 atom stereocenters. The molecule has 0 spiro atoms. The van der Waals surface area contributed by atoms with Gasteiger partial charge in [-0.3, -0.25) is 0 Å². The first kappa shape index (κ1) is 13.7. The number of nitrogens with one attached hydrogen (secondary N) is 1. The van der Waals surface area contributed by atoms with E-state index in [0.717, 1.165) is 12.8 Å². The Morgan fingerprint density at radius 2 is 2.31 bits per heavy atom. The highest BCUT2D eigenvalue weighted by Gasteiger charge is 2.28. The van der Waals surface area contributed by atoms with Crippen LogP contribution in [-0.4, -0.2) is 32.8 Å². The van der Waals surface area contributed by atoms with Crippen molar-refractivity contribution in [2.75, 3.05) is 6.61 Å². The van der Waals surface area contributed by atoms with Crippen molar-refractivity contribution >= 4 is 11.0 Å². The summed E-state index contributed by atoms with van der Waals surface area (Å²) in [6.07, 6.45) is 5.28. The predicted molar refractivity (Wildman–Crippen MR) is 65.2 cm³/mol. The van der Waals surface area contributed by atoms with Gasteiger partial charge in [-0.05, 0) is 39.7 Å². The summed E-state index contributed by atoms with van der Waals surface area (Å²) in [6.45, 7) is 5.62. The number of rotatable bonds is 4. The zero-order valence-corrected chi connectivity index (χ0v) is 10.9. The van der Waals surface area contributed by atoms with Crippen molar-refractivity contribution in [1.82, 2.24) is 4.72 Å². The van der Waals surface area contributed by atoms with Crippen LogP contribution in [0.15, 0.2) is 12.3 Å². The molecule has 0 aromatic heterocycles. The van der Waals surface area contributed by atoms with E-state index >= 15 is 0 Å². The molecule has 2 N–H and O–H groups in total. The van der Waals surface area contributed by atoms with E-state index in [1.807, 2.05) is 26.8 Å². The molecule has 0 aromatic rings. The number of allylic oxidation sites excluding steroid dienone is 1. The average molecular weight is 247 g/mol. The van der Waals surface area contributed by atoms with Gasteiger partial charge in [0.05, 0.1) is 34.6 Å². The number of aliphatic hydroxyl groups is 1. The molecule has 4 nitrogen and oxygen atoms in total. The van der Waals surface area contributed by atoms with Crippen molar-refractivity contribution in [2.45, 2.75) is 50.5 Å². The van der Waals surface area contributed by atoms with Crippen LogP contribution < -0.4 is 4.72 Å². The highest BCUT2D eigenvalue weighted by atomic mass is 32.2. The Bertz CT molecular complexity index is 273. The molecule has 0 amide bonds. The Labute approximate surface area is 99.7 Å². The zero-order valence-electron chi connectivity index (χ0n) is 10.1. The fraction of sp³-hybridized carbons (Fsp3) is 0.818. The molecule has 1 heterocycles. The lowest BCUT2D eigenvalue weighted by molar-refractivity contribution is 0.0688. The molecule has 0 fully saturated rings. The standard InChI is InChI=1S/C11H21NO3S/c1-11(2,3)16(14)12-9(8-13)10-6-4-5-7-15-10/h5,7,9-10,12-13H,4,6,8H2,1-3H3/t9-,10-,16?/m0/s1. The maximum atomic E-state index is 11.9. The van der Waals surface area contributed by atoms with Crippen LogP contribution in [0.2, 0.25) is 0 Å². The first-order valence-electron chi connectivity index (χ1n) is 5.54. The Morgan fingerprint density at radius 3 is 2.75 bits per heavy atom. The molecule has 0 aromatic carbocycles. The van der Waals surface area contributed by atoms with Crippen LogP contribution in [0.25, 0.3) is 0 Å². The summed E-state index contributed by atoms with van der Waals surface area (Å²) in [4.78, 5) is 0. The minimum absolute atomic E-state index is 0.0691. The average Bonchev–Trinajstić information content (AvgIpc) is 2.25. The van der Waals surface area contributed by atoms with E-state index in [1.54, 1.807) is 6.26 Å². The lowest BCUT2D eigenvalue weighted by atomic mass is 10.1. The third kappa shape index (κ3) is 3.88. The molecule has 0 bridgehead atoms. The summed E-state index contributed by atoms with van der Waals surface area (Å²) in [5.74, 6) is 0. The normalized spacial score (nSPS) is 24.9. The van der Waals surface area contributed by atoms with Crippen LogP contribution in [0.1, 0.15) is 33.6 Å². The highest BCUT2D eigenvalue weighted by Crippen LogP contribution is 2.16. The number of ether oxygens (including phenoxy) is 1. The van der Waals surface area contributed by atoms with Crippen LogP contribution in [-0.2, 0) is 15.7 Å². The predicted octanol–water partition coefficient (Wildman–Crippen LogP) is 1.09. The fourth-order valence-corrected chi connectivity index (χ4v) is 2.25. The van der Waals surface area contributed by atoms with E-state index in [0.29, 0.717) is 0 Å². The van der Waals surface area contributed by atoms with E-state index in [2.05, 4.69) is 4.72 Å². The van der Waals surface area contributed by atoms with Gasteiger partial charge < -0.3 is 9.84 Å². The van der Waals surface area contributed by atoms with Crippen molar-refractivity contribution in [3.05, 3.63) is 12.3 Å². The van der Waals surface area contributed by atoms with Crippen LogP contribution in [0.5, 0.6) is 0 Å². The molecule has 1 rings (SSSR count). The minimum Gasteiger partial charge on any atom is -0.497 e. The largest absolute Gasteiger partial charge is 0.497 e. The lowest BCUT2D eigenvalue weighted by Crippen LogP contribution is -2.48. The molecule has 16 heavy (non-hydrogen) atoms. The quantitative estimate of drug-likeness (QED) is 0.782. The summed E-state index contributed by atoms with van der Waals surface area (Å²) in [5.41, 5.74) is 0. The van der Waals surface area contributed by atoms with Gasteiger partial charge in [-0.1, -0.05) is 0 Å². The smallest absolute Gasteiger partial charge is 0.117 e. The maximum Gasteiger partial charge on any atom is 0.117 e. The summed E-state index contributed by atoms with van der Waals surface area (Å²) < 4.78 is 19.9. The monoisotopic (exact) mass is 247 g/mol. The number of hydrogen-bond acceptors (Lipinski definition) is 3. The second-order valence-corrected chi connectivity index (χ2v) is 6.91. The minimum atomic E-state index is -1.18. The van der Waals surface area contributed by atoms with Gasteiger partial charge in [0.25, 0.3) is 0 Å². The third-order valence-electron chi connectivity index (χ3n) is 2.43. The molecule has 0 saturated heterocycles. The molecular weight excluding hydrogens is 226 g/mol. The second kappa shape index (κ2) is 5.80. The van der Waals surface area contributed by atoms with Crippen molar-refractivity contribution in [3.63, 3.8) is 0 Å². The van der Waals surface area contributed by atoms with Gasteiger partial charge in [0, 0.05) is 0 Å². The van der Waals surface area contributed by atoms with Crippen LogP contribution >= 0.6 is 0 Å². The van der Waals surface area contributed by atoms with E-state index < -0.39 is 11.0 Å². The highest BCUT2D eigenvalue weighted by molar-refractivity contribution is 7.84. The molecule has 0 radical (unpaired) electrons. The summed E-state index contributed by atoms with van der Waals surface area (Å²) >= 11 is 0. The van der Waals surface area contributed by atoms with Gasteiger partial charge in [0.15, 0.2) is 0 Å². The zero-order chi connectivity index (χ0) is 12.2. The molecule has 0 saturated carbocycles. The first-order valence-corrected chi connectivity index (χ1v) is 6.69. The molecule has 1 unspecified atom stereocenters. The van der Waals surface area contributed by atoms with Gasteiger partial charge in [-0.15, -0.1) is 0 Å². The number of hydrogen-bond donors (Lipinski definition) is 2. The van der Waals surface area contributed by atoms with Gasteiger partial charge >= 0.3 is 0 Å². The lowest BCUT2D eigenvalue weighted by Gasteiger charge is -2.29. The number of aliphatic hydroxyl groups excluding tert-OH is 1.